The molecule has 0 bridgehead atoms. The SMILES string of the molecule is NC1C(O)OC(COCc2ccccc2)C(OC2OC3COC(c4ccccc4)OC3C(O)C2OCc2ccccc2)C1OCc1ccccc1. The van der Waals surface area contributed by atoms with E-state index >= 15 is 0 Å². The first-order chi connectivity index (χ1) is 25.0. The molecule has 7 rings (SSSR count). The lowest BCUT2D eigenvalue weighted by atomic mass is 9.95. The Bertz CT molecular complexity index is 1600. The van der Waals surface area contributed by atoms with Crippen molar-refractivity contribution in [3.8, 4) is 0 Å². The lowest BCUT2D eigenvalue weighted by Crippen LogP contribution is -2.67. The summed E-state index contributed by atoms with van der Waals surface area (Å²) >= 11 is 0. The van der Waals surface area contributed by atoms with Crippen LogP contribution in [-0.4, -0.2) is 84.8 Å². The van der Waals surface area contributed by atoms with Gasteiger partial charge in [0.25, 0.3) is 0 Å². The van der Waals surface area contributed by atoms with Crippen molar-refractivity contribution in [2.75, 3.05) is 13.2 Å². The van der Waals surface area contributed by atoms with Crippen LogP contribution in [0.5, 0.6) is 0 Å². The number of rotatable bonds is 13. The summed E-state index contributed by atoms with van der Waals surface area (Å²) in [7, 11) is 0. The Hall–Kier alpha value is -3.56. The molecule has 4 aromatic carbocycles. The first kappa shape index (κ1) is 35.8. The van der Waals surface area contributed by atoms with E-state index in [1.54, 1.807) is 0 Å². The highest BCUT2D eigenvalue weighted by atomic mass is 16.8. The first-order valence-corrected chi connectivity index (χ1v) is 17.4. The molecule has 3 fully saturated rings. The quantitative estimate of drug-likeness (QED) is 0.187. The van der Waals surface area contributed by atoms with E-state index in [4.69, 9.17) is 43.6 Å². The Balaban J connectivity index is 1.14. The fraction of sp³-hybridized carbons (Fsp3) is 0.400. The third-order valence-corrected chi connectivity index (χ3v) is 9.35. The fourth-order valence-corrected chi connectivity index (χ4v) is 6.63. The summed E-state index contributed by atoms with van der Waals surface area (Å²) in [4.78, 5) is 0. The Labute approximate surface area is 297 Å². The summed E-state index contributed by atoms with van der Waals surface area (Å²) in [6.07, 6.45) is -9.34. The normalized spacial score (nSPS) is 32.3. The van der Waals surface area contributed by atoms with Crippen LogP contribution in [0.1, 0.15) is 28.5 Å². The van der Waals surface area contributed by atoms with Gasteiger partial charge in [-0.15, -0.1) is 0 Å². The number of ether oxygens (including phenoxy) is 8. The molecule has 11 atom stereocenters. The molecule has 3 heterocycles. The van der Waals surface area contributed by atoms with E-state index in [9.17, 15) is 10.2 Å². The van der Waals surface area contributed by atoms with Gasteiger partial charge < -0.3 is 53.8 Å². The second-order valence-electron chi connectivity index (χ2n) is 13.0. The van der Waals surface area contributed by atoms with E-state index in [2.05, 4.69) is 0 Å². The van der Waals surface area contributed by atoms with E-state index in [-0.39, 0.29) is 26.4 Å². The van der Waals surface area contributed by atoms with E-state index in [0.717, 1.165) is 22.3 Å². The molecule has 11 heteroatoms. The van der Waals surface area contributed by atoms with Gasteiger partial charge in [0, 0.05) is 5.56 Å². The number of fused-ring (bicyclic) bond motifs is 1. The highest BCUT2D eigenvalue weighted by Gasteiger charge is 2.54. The van der Waals surface area contributed by atoms with E-state index in [0.29, 0.717) is 6.61 Å². The van der Waals surface area contributed by atoms with Crippen molar-refractivity contribution in [2.24, 2.45) is 5.73 Å². The van der Waals surface area contributed by atoms with Crippen LogP contribution in [-0.2, 0) is 57.7 Å². The summed E-state index contributed by atoms with van der Waals surface area (Å²) in [6.45, 7) is 0.894. The third-order valence-electron chi connectivity index (χ3n) is 9.35. The topological polar surface area (TPSA) is 140 Å². The zero-order chi connectivity index (χ0) is 35.0. The van der Waals surface area contributed by atoms with Gasteiger partial charge in [0.1, 0.15) is 42.7 Å². The van der Waals surface area contributed by atoms with Crippen LogP contribution in [0.2, 0.25) is 0 Å². The number of hydrogen-bond acceptors (Lipinski definition) is 11. The number of aliphatic hydroxyl groups is 2. The molecule has 0 aromatic heterocycles. The predicted octanol–water partition coefficient (Wildman–Crippen LogP) is 4.00. The van der Waals surface area contributed by atoms with Crippen molar-refractivity contribution in [3.63, 3.8) is 0 Å². The van der Waals surface area contributed by atoms with Gasteiger partial charge in [-0.05, 0) is 16.7 Å². The van der Waals surface area contributed by atoms with Gasteiger partial charge in [-0.25, -0.2) is 0 Å². The largest absolute Gasteiger partial charge is 0.387 e. The lowest BCUT2D eigenvalue weighted by Gasteiger charge is -2.50. The minimum Gasteiger partial charge on any atom is -0.387 e. The molecule has 0 aliphatic carbocycles. The van der Waals surface area contributed by atoms with Crippen molar-refractivity contribution in [3.05, 3.63) is 144 Å². The molecule has 11 nitrogen and oxygen atoms in total. The summed E-state index contributed by atoms with van der Waals surface area (Å²) < 4.78 is 50.6. The van der Waals surface area contributed by atoms with E-state index in [1.165, 1.54) is 0 Å². The standard InChI is InChI=1S/C40H45NO10/c41-32-36(45-22-27-15-7-2-8-16-27)35(30(48-38(32)43)24-44-21-26-13-5-1-6-14-26)51-40-37(46-23-28-17-9-3-10-18-28)33(42)34-31(49-40)25-47-39(50-34)29-19-11-4-12-20-29/h1-20,30-40,42-43H,21-25,41H2. The molecule has 4 N–H and O–H groups in total. The number of nitrogens with two attached hydrogens (primary N) is 1. The summed E-state index contributed by atoms with van der Waals surface area (Å²) in [5.41, 5.74) is 10.2. The molecule has 0 radical (unpaired) electrons. The molecule has 0 saturated carbocycles. The van der Waals surface area contributed by atoms with Crippen molar-refractivity contribution in [2.45, 2.75) is 87.5 Å². The Kier molecular flexibility index (Phi) is 12.2. The van der Waals surface area contributed by atoms with Crippen molar-refractivity contribution < 1.29 is 48.1 Å². The molecule has 3 saturated heterocycles. The second-order valence-corrected chi connectivity index (χ2v) is 13.0. The molecule has 0 spiro atoms. The van der Waals surface area contributed by atoms with Gasteiger partial charge in [-0.3, -0.25) is 0 Å². The lowest BCUT2D eigenvalue weighted by molar-refractivity contribution is -0.386. The Morgan fingerprint density at radius 1 is 0.627 bits per heavy atom. The maximum Gasteiger partial charge on any atom is 0.187 e. The molecular formula is C40H45NO10. The van der Waals surface area contributed by atoms with Crippen molar-refractivity contribution in [1.29, 1.82) is 0 Å². The van der Waals surface area contributed by atoms with Crippen LogP contribution in [0.3, 0.4) is 0 Å². The van der Waals surface area contributed by atoms with Crippen LogP contribution in [0.25, 0.3) is 0 Å². The zero-order valence-corrected chi connectivity index (χ0v) is 28.2. The summed E-state index contributed by atoms with van der Waals surface area (Å²) in [6, 6.07) is 37.6. The monoisotopic (exact) mass is 699 g/mol. The molecule has 3 aliphatic heterocycles. The van der Waals surface area contributed by atoms with Gasteiger partial charge >= 0.3 is 0 Å². The number of aliphatic hydroxyl groups excluding tert-OH is 2. The highest BCUT2D eigenvalue weighted by Crippen LogP contribution is 2.37. The summed E-state index contributed by atoms with van der Waals surface area (Å²) in [5.74, 6) is 0. The van der Waals surface area contributed by atoms with Gasteiger partial charge in [-0.1, -0.05) is 121 Å². The molecule has 270 valence electrons. The first-order valence-electron chi connectivity index (χ1n) is 17.4. The number of hydrogen-bond donors (Lipinski definition) is 3. The maximum atomic E-state index is 11.9. The molecule has 11 unspecified atom stereocenters. The van der Waals surface area contributed by atoms with Crippen LogP contribution in [0, 0.1) is 0 Å². The van der Waals surface area contributed by atoms with Crippen LogP contribution >= 0.6 is 0 Å². The molecule has 3 aliphatic rings. The molecule has 0 amide bonds. The zero-order valence-electron chi connectivity index (χ0n) is 28.2. The fourth-order valence-electron chi connectivity index (χ4n) is 6.63. The van der Waals surface area contributed by atoms with E-state index in [1.807, 2.05) is 121 Å². The van der Waals surface area contributed by atoms with Gasteiger partial charge in [-0.2, -0.15) is 0 Å². The molecular weight excluding hydrogens is 654 g/mol. The maximum absolute atomic E-state index is 11.9. The smallest absolute Gasteiger partial charge is 0.187 e. The third kappa shape index (κ3) is 8.91. The van der Waals surface area contributed by atoms with Crippen molar-refractivity contribution >= 4 is 0 Å². The Morgan fingerprint density at radius 2 is 1.18 bits per heavy atom. The number of benzene rings is 4. The van der Waals surface area contributed by atoms with Crippen LogP contribution < -0.4 is 5.73 Å². The van der Waals surface area contributed by atoms with Gasteiger partial charge in [0.05, 0.1) is 39.1 Å². The highest BCUT2D eigenvalue weighted by molar-refractivity contribution is 5.18. The average molecular weight is 700 g/mol. The molecule has 4 aromatic rings. The van der Waals surface area contributed by atoms with Gasteiger partial charge in [0.15, 0.2) is 18.9 Å². The minimum atomic E-state index is -1.35. The predicted molar refractivity (Wildman–Crippen MR) is 185 cm³/mol. The second kappa shape index (κ2) is 17.3. The van der Waals surface area contributed by atoms with Crippen molar-refractivity contribution in [1.82, 2.24) is 0 Å². The molecule has 51 heavy (non-hydrogen) atoms. The van der Waals surface area contributed by atoms with E-state index < -0.39 is 67.6 Å². The average Bonchev–Trinajstić information content (AvgIpc) is 3.18. The minimum absolute atomic E-state index is 0.0520. The summed E-state index contributed by atoms with van der Waals surface area (Å²) in [5, 5.41) is 22.9. The van der Waals surface area contributed by atoms with Crippen LogP contribution in [0.15, 0.2) is 121 Å². The van der Waals surface area contributed by atoms with Crippen LogP contribution in [0.4, 0.5) is 0 Å². The Morgan fingerprint density at radius 3 is 1.78 bits per heavy atom. The van der Waals surface area contributed by atoms with Gasteiger partial charge in [0.2, 0.25) is 0 Å².